The van der Waals surface area contributed by atoms with Crippen LogP contribution in [0.25, 0.3) is 22.8 Å². The summed E-state index contributed by atoms with van der Waals surface area (Å²) < 4.78 is 0. The van der Waals surface area contributed by atoms with Crippen LogP contribution in [0, 0.1) is 0 Å². The number of nitrogens with zero attached hydrogens (tertiary/aromatic N) is 2. The van der Waals surface area contributed by atoms with Gasteiger partial charge in [-0.1, -0.05) is 48.0 Å². The molecule has 2 atom stereocenters. The Labute approximate surface area is 181 Å². The molecule has 1 saturated heterocycles. The molecule has 3 heterocycles. The van der Waals surface area contributed by atoms with Crippen LogP contribution in [0.2, 0.25) is 5.02 Å². The van der Waals surface area contributed by atoms with Gasteiger partial charge >= 0.3 is 0 Å². The second-order valence-electron chi connectivity index (χ2n) is 7.72. The van der Waals surface area contributed by atoms with Crippen LogP contribution >= 0.6 is 11.6 Å². The molecule has 0 saturated carbocycles. The molecule has 0 amide bonds. The standard InChI is InChI=1S/C25H23ClN4/c26-20-12-9-18(10-13-20)25-29-23(24(30-25)22-8-4-5-15-27-22)19-11-14-21(28-16-19)17-6-2-1-3-7-17/h1-10,12-13,15,19,21,28H,11,14,16H2,(H,29,30). The first-order chi connectivity index (χ1) is 14.8. The highest BCUT2D eigenvalue weighted by molar-refractivity contribution is 6.30. The Morgan fingerprint density at radius 2 is 1.67 bits per heavy atom. The van der Waals surface area contributed by atoms with Gasteiger partial charge in [-0.2, -0.15) is 0 Å². The van der Waals surface area contributed by atoms with Gasteiger partial charge in [0, 0.05) is 41.0 Å². The lowest BCUT2D eigenvalue weighted by molar-refractivity contribution is 0.371. The molecular formula is C25H23ClN4. The van der Waals surface area contributed by atoms with Gasteiger partial charge in [-0.25, -0.2) is 4.98 Å². The van der Waals surface area contributed by atoms with Gasteiger partial charge in [0.25, 0.3) is 0 Å². The Morgan fingerprint density at radius 3 is 2.37 bits per heavy atom. The number of piperidine rings is 1. The number of nitrogens with one attached hydrogen (secondary N) is 2. The van der Waals surface area contributed by atoms with Gasteiger partial charge in [0.1, 0.15) is 11.5 Å². The minimum absolute atomic E-state index is 0.357. The van der Waals surface area contributed by atoms with E-state index in [0.717, 1.165) is 52.9 Å². The zero-order chi connectivity index (χ0) is 20.3. The average Bonchev–Trinajstić information content (AvgIpc) is 3.26. The molecule has 2 unspecified atom stereocenters. The minimum atomic E-state index is 0.357. The number of benzene rings is 2. The Morgan fingerprint density at radius 1 is 0.867 bits per heavy atom. The summed E-state index contributed by atoms with van der Waals surface area (Å²) in [5.41, 5.74) is 5.36. The van der Waals surface area contributed by atoms with Crippen molar-refractivity contribution in [2.75, 3.05) is 6.54 Å². The number of hydrogen-bond acceptors (Lipinski definition) is 3. The molecule has 2 N–H and O–H groups in total. The molecule has 1 aliphatic heterocycles. The zero-order valence-corrected chi connectivity index (χ0v) is 17.3. The van der Waals surface area contributed by atoms with Crippen molar-refractivity contribution in [3.8, 4) is 22.8 Å². The summed E-state index contributed by atoms with van der Waals surface area (Å²) in [6, 6.07) is 24.8. The van der Waals surface area contributed by atoms with E-state index < -0.39 is 0 Å². The van der Waals surface area contributed by atoms with Crippen molar-refractivity contribution in [3.05, 3.63) is 95.3 Å². The molecule has 0 spiro atoms. The van der Waals surface area contributed by atoms with Crippen LogP contribution in [0.5, 0.6) is 0 Å². The summed E-state index contributed by atoms with van der Waals surface area (Å²) in [6.45, 7) is 0.904. The highest BCUT2D eigenvalue weighted by Gasteiger charge is 2.27. The van der Waals surface area contributed by atoms with Gasteiger partial charge < -0.3 is 10.3 Å². The van der Waals surface area contributed by atoms with E-state index in [-0.39, 0.29) is 0 Å². The second-order valence-corrected chi connectivity index (χ2v) is 8.15. The quantitative estimate of drug-likeness (QED) is 0.430. The zero-order valence-electron chi connectivity index (χ0n) is 16.6. The predicted octanol–water partition coefficient (Wildman–Crippen LogP) is 6.00. The second kappa shape index (κ2) is 8.42. The fourth-order valence-corrected chi connectivity index (χ4v) is 4.32. The molecule has 5 rings (SSSR count). The van der Waals surface area contributed by atoms with Crippen molar-refractivity contribution in [2.24, 2.45) is 0 Å². The molecule has 2 aromatic heterocycles. The third-order valence-corrected chi connectivity index (χ3v) is 6.03. The van der Waals surface area contributed by atoms with Gasteiger partial charge in [0.15, 0.2) is 0 Å². The van der Waals surface area contributed by atoms with E-state index in [1.807, 2.05) is 48.7 Å². The van der Waals surface area contributed by atoms with Crippen LogP contribution in [-0.2, 0) is 0 Å². The van der Waals surface area contributed by atoms with Crippen LogP contribution in [0.3, 0.4) is 0 Å². The fraction of sp³-hybridized carbons (Fsp3) is 0.200. The summed E-state index contributed by atoms with van der Waals surface area (Å²) in [6.07, 6.45) is 4.00. The molecule has 5 heteroatoms. The first kappa shape index (κ1) is 19.0. The first-order valence-electron chi connectivity index (χ1n) is 10.3. The van der Waals surface area contributed by atoms with Crippen LogP contribution in [-0.4, -0.2) is 21.5 Å². The molecule has 1 fully saturated rings. The highest BCUT2D eigenvalue weighted by atomic mass is 35.5. The summed E-state index contributed by atoms with van der Waals surface area (Å²) >= 11 is 6.07. The van der Waals surface area contributed by atoms with E-state index in [9.17, 15) is 0 Å². The topological polar surface area (TPSA) is 53.6 Å². The summed E-state index contributed by atoms with van der Waals surface area (Å²) in [7, 11) is 0. The van der Waals surface area contributed by atoms with Crippen LogP contribution < -0.4 is 5.32 Å². The SMILES string of the molecule is Clc1ccc(-c2nc(-c3ccccn3)c(C3CCC(c4ccccc4)NC3)[nH]2)cc1. The lowest BCUT2D eigenvalue weighted by atomic mass is 9.88. The van der Waals surface area contributed by atoms with E-state index in [0.29, 0.717) is 12.0 Å². The van der Waals surface area contributed by atoms with Crippen molar-refractivity contribution in [1.82, 2.24) is 20.3 Å². The Hall–Kier alpha value is -2.95. The van der Waals surface area contributed by atoms with Crippen molar-refractivity contribution in [1.29, 1.82) is 0 Å². The summed E-state index contributed by atoms with van der Waals surface area (Å²) in [4.78, 5) is 13.1. The van der Waals surface area contributed by atoms with Gasteiger partial charge in [-0.3, -0.25) is 4.98 Å². The number of halogens is 1. The van der Waals surface area contributed by atoms with E-state index in [4.69, 9.17) is 16.6 Å². The van der Waals surface area contributed by atoms with Crippen molar-refractivity contribution in [2.45, 2.75) is 24.8 Å². The van der Waals surface area contributed by atoms with Gasteiger partial charge in [-0.15, -0.1) is 0 Å². The monoisotopic (exact) mass is 414 g/mol. The largest absolute Gasteiger partial charge is 0.341 e. The summed E-state index contributed by atoms with van der Waals surface area (Å²) in [5, 5.41) is 4.45. The normalized spacial score (nSPS) is 19.0. The molecule has 0 radical (unpaired) electrons. The molecule has 0 bridgehead atoms. The van der Waals surface area contributed by atoms with E-state index in [1.54, 1.807) is 0 Å². The number of aromatic amines is 1. The maximum Gasteiger partial charge on any atom is 0.138 e. The number of rotatable bonds is 4. The maximum atomic E-state index is 6.07. The maximum absolute atomic E-state index is 6.07. The van der Waals surface area contributed by atoms with E-state index in [2.05, 4.69) is 45.6 Å². The number of hydrogen-bond donors (Lipinski definition) is 2. The molecule has 4 nitrogen and oxygen atoms in total. The molecular weight excluding hydrogens is 392 g/mol. The lowest BCUT2D eigenvalue weighted by Crippen LogP contribution is -2.32. The molecule has 150 valence electrons. The Bertz CT molecular complexity index is 1100. The van der Waals surface area contributed by atoms with Crippen LogP contribution in [0.4, 0.5) is 0 Å². The minimum Gasteiger partial charge on any atom is -0.341 e. The van der Waals surface area contributed by atoms with Crippen molar-refractivity contribution >= 4 is 11.6 Å². The average molecular weight is 415 g/mol. The highest BCUT2D eigenvalue weighted by Crippen LogP contribution is 2.36. The third-order valence-electron chi connectivity index (χ3n) is 5.78. The van der Waals surface area contributed by atoms with Gasteiger partial charge in [0.2, 0.25) is 0 Å². The number of aromatic nitrogens is 3. The number of imidazole rings is 1. The van der Waals surface area contributed by atoms with Crippen molar-refractivity contribution in [3.63, 3.8) is 0 Å². The van der Waals surface area contributed by atoms with Gasteiger partial charge in [-0.05, 0) is 54.8 Å². The Kier molecular flexibility index (Phi) is 5.35. The van der Waals surface area contributed by atoms with Crippen LogP contribution in [0.1, 0.15) is 36.1 Å². The van der Waals surface area contributed by atoms with E-state index in [1.165, 1.54) is 5.56 Å². The Balaban J connectivity index is 1.46. The van der Waals surface area contributed by atoms with Crippen molar-refractivity contribution < 1.29 is 0 Å². The molecule has 1 aliphatic rings. The van der Waals surface area contributed by atoms with Gasteiger partial charge in [0.05, 0.1) is 5.69 Å². The third kappa shape index (κ3) is 3.89. The molecule has 4 aromatic rings. The smallest absolute Gasteiger partial charge is 0.138 e. The molecule has 30 heavy (non-hydrogen) atoms. The molecule has 2 aromatic carbocycles. The number of pyridine rings is 1. The fourth-order valence-electron chi connectivity index (χ4n) is 4.20. The lowest BCUT2D eigenvalue weighted by Gasteiger charge is -2.30. The first-order valence-corrected chi connectivity index (χ1v) is 10.7. The van der Waals surface area contributed by atoms with E-state index >= 15 is 0 Å². The number of H-pyrrole nitrogens is 1. The molecule has 0 aliphatic carbocycles. The van der Waals surface area contributed by atoms with Crippen LogP contribution in [0.15, 0.2) is 79.0 Å². The summed E-state index contributed by atoms with van der Waals surface area (Å²) in [5.74, 6) is 1.21. The predicted molar refractivity (Wildman–Crippen MR) is 121 cm³/mol.